The van der Waals surface area contributed by atoms with Crippen molar-refractivity contribution in [1.82, 2.24) is 25.8 Å². The quantitative estimate of drug-likeness (QED) is 0.119. The Morgan fingerprint density at radius 2 is 1.94 bits per heavy atom. The summed E-state index contributed by atoms with van der Waals surface area (Å²) in [5, 5.41) is 8.23. The maximum Gasteiger partial charge on any atom is 0.415 e. The van der Waals surface area contributed by atoms with Crippen LogP contribution in [0.2, 0.25) is 0 Å². The fraction of sp³-hybridized carbons (Fsp3) is 0.639. The number of nitrogens with zero attached hydrogens (tertiary/aromatic N) is 3. The Balaban J connectivity index is 1.14. The second-order valence-electron chi connectivity index (χ2n) is 14.5. The minimum atomic E-state index is -0.900. The second-order valence-corrected chi connectivity index (χ2v) is 14.5. The molecule has 4 amide bonds. The van der Waals surface area contributed by atoms with Crippen molar-refractivity contribution >= 4 is 29.8 Å². The molecule has 0 radical (unpaired) electrons. The van der Waals surface area contributed by atoms with E-state index < -0.39 is 36.1 Å². The van der Waals surface area contributed by atoms with E-state index >= 15 is 0 Å². The fourth-order valence-electron chi connectivity index (χ4n) is 8.96. The van der Waals surface area contributed by atoms with Crippen LogP contribution < -0.4 is 36.9 Å². The number of likely N-dealkylation sites (tertiary alicyclic amines) is 2. The Bertz CT molecular complexity index is 1590. The Hall–Kier alpha value is -4.53. The zero-order chi connectivity index (χ0) is 36.4. The van der Waals surface area contributed by atoms with Gasteiger partial charge in [0.15, 0.2) is 23.6 Å². The van der Waals surface area contributed by atoms with Gasteiger partial charge in [-0.05, 0) is 95.5 Å². The standard InChI is InChI=1S/C36H52N8O7/c1-20(41-21(2)45)32(46)42-25(9-7-15-39-34(37)38)33(47)40-19-23-8-5-6-16-44(23)35(48)50-28-13-11-24-26-18-22-10-12-27(49-4)30-29(22)36(24,31(28)51-30)14-17-43(26)3/h10,12-13,20,23-26,31H,5-9,11,14-19H2,1-4H3,(H,40,47)(H,41,45)(H,42,46)(H4,37,38,39). The SMILES string of the molecule is COc1ccc2c3c1OC1C(OC(=O)N4CCCCC4CNC(=O)C(CCCN=C(N)N)NC(=O)C(C)NC(C)=O)=CCC4C(C2)N(C)CCC314. The molecule has 278 valence electrons. The third-order valence-corrected chi connectivity index (χ3v) is 11.4. The van der Waals surface area contributed by atoms with Gasteiger partial charge in [0.05, 0.1) is 13.2 Å². The number of guanidine groups is 1. The summed E-state index contributed by atoms with van der Waals surface area (Å²) >= 11 is 0. The highest BCUT2D eigenvalue weighted by Crippen LogP contribution is 2.63. The fourth-order valence-corrected chi connectivity index (χ4v) is 8.96. The highest BCUT2D eigenvalue weighted by atomic mass is 16.6. The average Bonchev–Trinajstić information content (AvgIpc) is 3.46. The number of methoxy groups -OCH3 is 1. The van der Waals surface area contributed by atoms with Crippen LogP contribution in [-0.4, -0.2) is 110 Å². The smallest absolute Gasteiger partial charge is 0.415 e. The molecule has 1 spiro atoms. The first-order valence-electron chi connectivity index (χ1n) is 18.1. The Morgan fingerprint density at radius 3 is 2.69 bits per heavy atom. The van der Waals surface area contributed by atoms with E-state index in [4.69, 9.17) is 25.7 Å². The molecule has 7 unspecified atom stereocenters. The number of carbonyl (C=O) groups excluding carboxylic acids is 4. The molecule has 3 aliphatic heterocycles. The lowest BCUT2D eigenvalue weighted by Gasteiger charge is -2.56. The molecule has 2 bridgehead atoms. The van der Waals surface area contributed by atoms with Gasteiger partial charge < -0.3 is 51.4 Å². The summed E-state index contributed by atoms with van der Waals surface area (Å²) in [4.78, 5) is 59.9. The number of amides is 4. The van der Waals surface area contributed by atoms with Crippen LogP contribution in [0.1, 0.15) is 69.9 Å². The van der Waals surface area contributed by atoms with E-state index in [1.54, 1.807) is 18.9 Å². The first-order valence-corrected chi connectivity index (χ1v) is 18.1. The molecule has 7 atom stereocenters. The molecule has 1 aromatic carbocycles. The average molecular weight is 709 g/mol. The molecule has 6 rings (SSSR count). The molecular weight excluding hydrogens is 656 g/mol. The van der Waals surface area contributed by atoms with Gasteiger partial charge in [-0.15, -0.1) is 0 Å². The number of hydrogen-bond acceptors (Lipinski definition) is 9. The summed E-state index contributed by atoms with van der Waals surface area (Å²) in [6, 6.07) is 2.47. The van der Waals surface area contributed by atoms with E-state index in [1.807, 2.05) is 12.1 Å². The van der Waals surface area contributed by atoms with Crippen molar-refractivity contribution in [3.8, 4) is 11.5 Å². The van der Waals surface area contributed by atoms with Crippen molar-refractivity contribution in [2.75, 3.05) is 40.3 Å². The topological polar surface area (TPSA) is 203 Å². The van der Waals surface area contributed by atoms with Crippen LogP contribution in [0, 0.1) is 5.92 Å². The van der Waals surface area contributed by atoms with Crippen molar-refractivity contribution in [3.63, 3.8) is 0 Å². The number of hydrogen-bond donors (Lipinski definition) is 5. The minimum absolute atomic E-state index is 0.0603. The molecule has 15 nitrogen and oxygen atoms in total. The van der Waals surface area contributed by atoms with Crippen LogP contribution in [0.4, 0.5) is 4.79 Å². The summed E-state index contributed by atoms with van der Waals surface area (Å²) in [5.41, 5.74) is 13.1. The Morgan fingerprint density at radius 1 is 1.14 bits per heavy atom. The molecule has 1 aromatic rings. The third-order valence-electron chi connectivity index (χ3n) is 11.4. The summed E-state index contributed by atoms with van der Waals surface area (Å²) < 4.78 is 18.8. The molecule has 0 saturated carbocycles. The van der Waals surface area contributed by atoms with Crippen molar-refractivity contribution in [1.29, 1.82) is 0 Å². The first-order chi connectivity index (χ1) is 24.4. The molecule has 2 fully saturated rings. The van der Waals surface area contributed by atoms with E-state index in [1.165, 1.54) is 18.1 Å². The van der Waals surface area contributed by atoms with E-state index in [0.29, 0.717) is 42.9 Å². The van der Waals surface area contributed by atoms with E-state index in [0.717, 1.165) is 44.4 Å². The van der Waals surface area contributed by atoms with E-state index in [9.17, 15) is 19.2 Å². The summed E-state index contributed by atoms with van der Waals surface area (Å²) in [6.07, 6.45) is 6.85. The Labute approximate surface area is 298 Å². The molecule has 3 heterocycles. The summed E-state index contributed by atoms with van der Waals surface area (Å²) in [6.45, 7) is 4.74. The number of nitrogens with two attached hydrogens (primary N) is 2. The first kappa shape index (κ1) is 36.3. The molecule has 2 saturated heterocycles. The van der Waals surface area contributed by atoms with Gasteiger partial charge in [-0.2, -0.15) is 0 Å². The van der Waals surface area contributed by atoms with Gasteiger partial charge in [-0.3, -0.25) is 19.4 Å². The number of aliphatic imine (C=N–C) groups is 1. The van der Waals surface area contributed by atoms with Crippen molar-refractivity contribution in [2.45, 2.75) is 101 Å². The van der Waals surface area contributed by atoms with E-state index in [-0.39, 0.29) is 42.8 Å². The zero-order valence-corrected chi connectivity index (χ0v) is 30.0. The number of piperidine rings is 2. The minimum Gasteiger partial charge on any atom is -0.493 e. The van der Waals surface area contributed by atoms with Crippen LogP contribution in [0.3, 0.4) is 0 Å². The van der Waals surface area contributed by atoms with Gasteiger partial charge in [-0.25, -0.2) is 4.79 Å². The number of ether oxygens (including phenoxy) is 3. The van der Waals surface area contributed by atoms with Gasteiger partial charge in [0, 0.05) is 43.6 Å². The second kappa shape index (κ2) is 15.0. The lowest BCUT2D eigenvalue weighted by atomic mass is 9.53. The van der Waals surface area contributed by atoms with E-state index in [2.05, 4.69) is 39.0 Å². The molecular formula is C36H52N8O7. The van der Waals surface area contributed by atoms with Crippen molar-refractivity contribution < 1.29 is 33.4 Å². The van der Waals surface area contributed by atoms with Gasteiger partial charge in [0.2, 0.25) is 17.7 Å². The number of carbonyl (C=O) groups is 4. The van der Waals surface area contributed by atoms with Gasteiger partial charge in [0.1, 0.15) is 17.8 Å². The van der Waals surface area contributed by atoms with Gasteiger partial charge >= 0.3 is 6.09 Å². The van der Waals surface area contributed by atoms with Gasteiger partial charge in [-0.1, -0.05) is 6.07 Å². The number of benzene rings is 1. The lowest BCUT2D eigenvalue weighted by Crippen LogP contribution is -2.63. The maximum atomic E-state index is 14.0. The molecule has 51 heavy (non-hydrogen) atoms. The van der Waals surface area contributed by atoms with Crippen LogP contribution in [0.5, 0.6) is 11.5 Å². The van der Waals surface area contributed by atoms with Crippen LogP contribution >= 0.6 is 0 Å². The van der Waals surface area contributed by atoms with Gasteiger partial charge in [0.25, 0.3) is 0 Å². The zero-order valence-electron chi connectivity index (χ0n) is 30.0. The number of rotatable bonds is 12. The summed E-state index contributed by atoms with van der Waals surface area (Å²) in [5.74, 6) is 1.01. The maximum absolute atomic E-state index is 14.0. The van der Waals surface area contributed by atoms with Crippen LogP contribution in [0.15, 0.2) is 29.0 Å². The highest BCUT2D eigenvalue weighted by molar-refractivity contribution is 5.91. The monoisotopic (exact) mass is 708 g/mol. The van der Waals surface area contributed by atoms with Crippen LogP contribution in [0.25, 0.3) is 0 Å². The normalized spacial score (nSPS) is 27.1. The number of allylic oxidation sites excluding steroid dienone is 1. The molecule has 2 aliphatic carbocycles. The molecule has 15 heteroatoms. The predicted molar refractivity (Wildman–Crippen MR) is 189 cm³/mol. The largest absolute Gasteiger partial charge is 0.493 e. The highest BCUT2D eigenvalue weighted by Gasteiger charge is 2.65. The van der Waals surface area contributed by atoms with Crippen LogP contribution in [-0.2, 0) is 31.0 Å². The summed E-state index contributed by atoms with van der Waals surface area (Å²) in [7, 11) is 3.85. The molecule has 0 aromatic heterocycles. The molecule has 5 aliphatic rings. The number of likely N-dealkylation sites (N-methyl/N-ethyl adjacent to an activating group) is 1. The molecule has 7 N–H and O–H groups in total. The predicted octanol–water partition coefficient (Wildman–Crippen LogP) is 1.03. The number of nitrogens with one attached hydrogen (secondary N) is 3. The lowest BCUT2D eigenvalue weighted by molar-refractivity contribution is -0.131. The van der Waals surface area contributed by atoms with Crippen molar-refractivity contribution in [3.05, 3.63) is 35.1 Å². The third kappa shape index (κ3) is 7.04. The Kier molecular flexibility index (Phi) is 10.7. The van der Waals surface area contributed by atoms with Crippen molar-refractivity contribution in [2.24, 2.45) is 22.4 Å².